The SMILES string of the molecule is Cc1cccc(-c2ccc(NCc3cnc(C4CC4)[nH]3)nc2)c1.O=C(O)C(F)(F)F. The number of carboxylic acid groups (broad SMARTS) is 1. The first-order valence-electron chi connectivity index (χ1n) is 9.33. The Hall–Kier alpha value is -3.36. The zero-order chi connectivity index (χ0) is 21.7. The molecule has 0 spiro atoms. The fourth-order valence-electron chi connectivity index (χ4n) is 2.71. The summed E-state index contributed by atoms with van der Waals surface area (Å²) in [5.41, 5.74) is 4.70. The molecule has 0 radical (unpaired) electrons. The molecular weight excluding hydrogens is 397 g/mol. The molecule has 1 aromatic carbocycles. The molecule has 158 valence electrons. The number of imidazole rings is 1. The molecule has 0 saturated heterocycles. The lowest BCUT2D eigenvalue weighted by molar-refractivity contribution is -0.192. The van der Waals surface area contributed by atoms with Crippen LogP contribution >= 0.6 is 0 Å². The van der Waals surface area contributed by atoms with Crippen molar-refractivity contribution in [2.45, 2.75) is 38.4 Å². The number of rotatable bonds is 5. The molecule has 1 saturated carbocycles. The van der Waals surface area contributed by atoms with Crippen molar-refractivity contribution in [3.8, 4) is 11.1 Å². The third kappa shape index (κ3) is 6.07. The highest BCUT2D eigenvalue weighted by Gasteiger charge is 2.38. The molecule has 2 heterocycles. The minimum absolute atomic E-state index is 0.662. The van der Waals surface area contributed by atoms with Gasteiger partial charge in [-0.1, -0.05) is 29.8 Å². The highest BCUT2D eigenvalue weighted by molar-refractivity contribution is 5.73. The number of H-pyrrole nitrogens is 1. The molecule has 4 rings (SSSR count). The topological polar surface area (TPSA) is 90.9 Å². The van der Waals surface area contributed by atoms with Gasteiger partial charge >= 0.3 is 12.1 Å². The van der Waals surface area contributed by atoms with E-state index in [9.17, 15) is 13.2 Å². The van der Waals surface area contributed by atoms with Crippen LogP contribution < -0.4 is 5.32 Å². The molecule has 1 fully saturated rings. The van der Waals surface area contributed by atoms with Crippen molar-refractivity contribution in [3.63, 3.8) is 0 Å². The number of nitrogens with one attached hydrogen (secondary N) is 2. The number of benzene rings is 1. The molecule has 0 unspecified atom stereocenters. The van der Waals surface area contributed by atoms with E-state index in [1.54, 1.807) is 0 Å². The molecular formula is C21H21F3N4O2. The third-order valence-electron chi connectivity index (χ3n) is 4.43. The van der Waals surface area contributed by atoms with Crippen LogP contribution in [0.4, 0.5) is 19.0 Å². The monoisotopic (exact) mass is 418 g/mol. The third-order valence-corrected chi connectivity index (χ3v) is 4.43. The molecule has 1 aliphatic rings. The highest BCUT2D eigenvalue weighted by Crippen LogP contribution is 2.38. The van der Waals surface area contributed by atoms with Gasteiger partial charge in [-0.2, -0.15) is 13.2 Å². The molecule has 0 amide bonds. The van der Waals surface area contributed by atoms with Crippen molar-refractivity contribution in [1.82, 2.24) is 15.0 Å². The van der Waals surface area contributed by atoms with Gasteiger partial charge in [-0.25, -0.2) is 14.8 Å². The highest BCUT2D eigenvalue weighted by atomic mass is 19.4. The van der Waals surface area contributed by atoms with Gasteiger partial charge < -0.3 is 15.4 Å². The number of carbonyl (C=O) groups is 1. The number of hydrogen-bond donors (Lipinski definition) is 3. The maximum absolute atomic E-state index is 10.6. The van der Waals surface area contributed by atoms with Crippen LogP contribution in [-0.2, 0) is 11.3 Å². The number of aryl methyl sites for hydroxylation is 1. The van der Waals surface area contributed by atoms with E-state index in [1.807, 2.05) is 18.5 Å². The minimum atomic E-state index is -5.08. The summed E-state index contributed by atoms with van der Waals surface area (Å²) < 4.78 is 31.7. The van der Waals surface area contributed by atoms with Crippen molar-refractivity contribution in [2.24, 2.45) is 0 Å². The molecule has 2 aromatic heterocycles. The van der Waals surface area contributed by atoms with Crippen molar-refractivity contribution >= 4 is 11.8 Å². The number of halogens is 3. The predicted molar refractivity (Wildman–Crippen MR) is 106 cm³/mol. The van der Waals surface area contributed by atoms with Gasteiger partial charge in [-0.3, -0.25) is 0 Å². The maximum atomic E-state index is 10.6. The molecule has 3 N–H and O–H groups in total. The molecule has 9 heteroatoms. The molecule has 30 heavy (non-hydrogen) atoms. The number of alkyl halides is 3. The number of carboxylic acids is 1. The van der Waals surface area contributed by atoms with E-state index in [1.165, 1.54) is 24.0 Å². The lowest BCUT2D eigenvalue weighted by Gasteiger charge is -2.06. The zero-order valence-corrected chi connectivity index (χ0v) is 16.2. The van der Waals surface area contributed by atoms with Crippen molar-refractivity contribution in [2.75, 3.05) is 5.32 Å². The first-order valence-corrected chi connectivity index (χ1v) is 9.33. The lowest BCUT2D eigenvalue weighted by Crippen LogP contribution is -2.21. The minimum Gasteiger partial charge on any atom is -0.475 e. The largest absolute Gasteiger partial charge is 0.490 e. The standard InChI is InChI=1S/C19H20N4.C2HF3O2/c1-13-3-2-4-15(9-13)16-7-8-18(20-10-16)21-11-17-12-22-19(23-17)14-5-6-14;3-2(4,5)1(6)7/h2-4,7-10,12,14H,5-6,11H2,1H3,(H,20,21)(H,22,23);(H,6,7). The van der Waals surface area contributed by atoms with Crippen LogP contribution in [0.15, 0.2) is 48.8 Å². The number of anilines is 1. The summed E-state index contributed by atoms with van der Waals surface area (Å²) in [7, 11) is 0. The van der Waals surface area contributed by atoms with Crippen LogP contribution in [0.5, 0.6) is 0 Å². The summed E-state index contributed by atoms with van der Waals surface area (Å²) in [6.07, 6.45) is 1.28. The van der Waals surface area contributed by atoms with Gasteiger partial charge in [0.2, 0.25) is 0 Å². The van der Waals surface area contributed by atoms with Crippen LogP contribution in [0.1, 0.15) is 35.8 Å². The summed E-state index contributed by atoms with van der Waals surface area (Å²) in [5.74, 6) is -0.0866. The van der Waals surface area contributed by atoms with E-state index in [-0.39, 0.29) is 0 Å². The number of nitrogens with zero attached hydrogens (tertiary/aromatic N) is 2. The Balaban J connectivity index is 0.000000318. The van der Waals surface area contributed by atoms with Crippen LogP contribution in [0.25, 0.3) is 11.1 Å². The fraction of sp³-hybridized carbons (Fsp3) is 0.286. The second-order valence-corrected chi connectivity index (χ2v) is 7.03. The quantitative estimate of drug-likeness (QED) is 0.548. The van der Waals surface area contributed by atoms with Gasteiger partial charge in [-0.15, -0.1) is 0 Å². The summed E-state index contributed by atoms with van der Waals surface area (Å²) in [6, 6.07) is 12.6. The van der Waals surface area contributed by atoms with E-state index in [2.05, 4.69) is 57.5 Å². The average molecular weight is 418 g/mol. The van der Waals surface area contributed by atoms with Crippen LogP contribution in [0.3, 0.4) is 0 Å². The Labute approximate surface area is 171 Å². The second kappa shape index (κ2) is 8.98. The zero-order valence-electron chi connectivity index (χ0n) is 16.2. The number of pyridine rings is 1. The van der Waals surface area contributed by atoms with E-state index in [0.29, 0.717) is 5.92 Å². The summed E-state index contributed by atoms with van der Waals surface area (Å²) in [4.78, 5) is 21.2. The molecule has 1 aliphatic carbocycles. The predicted octanol–water partition coefficient (Wildman–Crippen LogP) is 4.90. The van der Waals surface area contributed by atoms with E-state index >= 15 is 0 Å². The average Bonchev–Trinajstić information content (AvgIpc) is 3.45. The second-order valence-electron chi connectivity index (χ2n) is 7.03. The van der Waals surface area contributed by atoms with Crippen molar-refractivity contribution < 1.29 is 23.1 Å². The molecule has 0 atom stereocenters. The van der Waals surface area contributed by atoms with Crippen molar-refractivity contribution in [1.29, 1.82) is 0 Å². The Morgan fingerprint density at radius 2 is 1.90 bits per heavy atom. The fourth-order valence-corrected chi connectivity index (χ4v) is 2.71. The number of aliphatic carboxylic acids is 1. The Morgan fingerprint density at radius 1 is 1.17 bits per heavy atom. The van der Waals surface area contributed by atoms with Gasteiger partial charge in [0.15, 0.2) is 0 Å². The molecule has 3 aromatic rings. The van der Waals surface area contributed by atoms with Crippen LogP contribution in [-0.4, -0.2) is 32.2 Å². The number of hydrogen-bond acceptors (Lipinski definition) is 4. The summed E-state index contributed by atoms with van der Waals surface area (Å²) in [6.45, 7) is 2.82. The maximum Gasteiger partial charge on any atom is 0.490 e. The van der Waals surface area contributed by atoms with Crippen LogP contribution in [0, 0.1) is 6.92 Å². The van der Waals surface area contributed by atoms with E-state index in [4.69, 9.17) is 9.90 Å². The lowest BCUT2D eigenvalue weighted by atomic mass is 10.1. The van der Waals surface area contributed by atoms with Gasteiger partial charge in [0.25, 0.3) is 0 Å². The number of aromatic nitrogens is 3. The first-order chi connectivity index (χ1) is 14.2. The molecule has 6 nitrogen and oxygen atoms in total. The molecule has 0 bridgehead atoms. The summed E-state index contributed by atoms with van der Waals surface area (Å²) in [5, 5.41) is 10.5. The molecule has 0 aliphatic heterocycles. The van der Waals surface area contributed by atoms with Crippen molar-refractivity contribution in [3.05, 3.63) is 65.9 Å². The van der Waals surface area contributed by atoms with Gasteiger partial charge in [0.1, 0.15) is 11.6 Å². The normalized spacial score (nSPS) is 13.3. The van der Waals surface area contributed by atoms with E-state index in [0.717, 1.165) is 29.4 Å². The van der Waals surface area contributed by atoms with Gasteiger partial charge in [0, 0.05) is 17.7 Å². The summed E-state index contributed by atoms with van der Waals surface area (Å²) >= 11 is 0. The Kier molecular flexibility index (Phi) is 6.39. The smallest absolute Gasteiger partial charge is 0.475 e. The Morgan fingerprint density at radius 3 is 2.47 bits per heavy atom. The van der Waals surface area contributed by atoms with E-state index < -0.39 is 12.1 Å². The number of aromatic amines is 1. The first kappa shape index (κ1) is 21.4. The van der Waals surface area contributed by atoms with Crippen LogP contribution in [0.2, 0.25) is 0 Å². The van der Waals surface area contributed by atoms with Gasteiger partial charge in [0.05, 0.1) is 18.4 Å². The van der Waals surface area contributed by atoms with Gasteiger partial charge in [-0.05, 0) is 37.5 Å². The Bertz CT molecular complexity index is 996.